The zero-order valence-electron chi connectivity index (χ0n) is 12.8. The molecule has 2 nitrogen and oxygen atoms in total. The number of nitrogens with two attached hydrogens (primary N) is 1. The first-order valence-corrected chi connectivity index (χ1v) is 9.92. The number of ether oxygens (including phenoxy) is 1. The Morgan fingerprint density at radius 1 is 1.00 bits per heavy atom. The number of thioether (sulfide) groups is 1. The van der Waals surface area contributed by atoms with Gasteiger partial charge in [-0.25, -0.2) is 0 Å². The molecule has 0 aromatic carbocycles. The maximum atomic E-state index is 6.73. The summed E-state index contributed by atoms with van der Waals surface area (Å²) in [4.78, 5) is 0. The van der Waals surface area contributed by atoms with Crippen molar-refractivity contribution in [2.24, 2.45) is 17.6 Å². The Labute approximate surface area is 128 Å². The van der Waals surface area contributed by atoms with Gasteiger partial charge < -0.3 is 10.5 Å². The summed E-state index contributed by atoms with van der Waals surface area (Å²) in [7, 11) is 0. The van der Waals surface area contributed by atoms with Gasteiger partial charge in [0.05, 0.1) is 5.60 Å². The van der Waals surface area contributed by atoms with Crippen LogP contribution in [0.5, 0.6) is 0 Å². The van der Waals surface area contributed by atoms with Crippen LogP contribution in [0.1, 0.15) is 64.2 Å². The van der Waals surface area contributed by atoms with Crippen LogP contribution in [0.25, 0.3) is 0 Å². The van der Waals surface area contributed by atoms with E-state index in [0.29, 0.717) is 12.0 Å². The van der Waals surface area contributed by atoms with E-state index >= 15 is 0 Å². The van der Waals surface area contributed by atoms with Crippen LogP contribution >= 0.6 is 11.8 Å². The highest BCUT2D eigenvalue weighted by Gasteiger charge is 2.42. The molecule has 3 fully saturated rings. The van der Waals surface area contributed by atoms with Crippen LogP contribution in [0.2, 0.25) is 0 Å². The monoisotopic (exact) mass is 297 g/mol. The van der Waals surface area contributed by atoms with E-state index in [1.54, 1.807) is 0 Å². The van der Waals surface area contributed by atoms with Crippen molar-refractivity contribution in [2.75, 3.05) is 18.1 Å². The normalized spacial score (nSPS) is 38.5. The fourth-order valence-electron chi connectivity index (χ4n) is 4.52. The molecule has 0 radical (unpaired) electrons. The highest BCUT2D eigenvalue weighted by molar-refractivity contribution is 7.99. The van der Waals surface area contributed by atoms with Crippen molar-refractivity contribution in [3.63, 3.8) is 0 Å². The molecule has 2 saturated heterocycles. The van der Waals surface area contributed by atoms with Crippen molar-refractivity contribution < 1.29 is 4.74 Å². The molecule has 1 aliphatic carbocycles. The van der Waals surface area contributed by atoms with Crippen LogP contribution in [-0.4, -0.2) is 29.8 Å². The first kappa shape index (κ1) is 15.2. The van der Waals surface area contributed by atoms with Gasteiger partial charge in [0.15, 0.2) is 0 Å². The fourth-order valence-corrected chi connectivity index (χ4v) is 5.89. The molecule has 0 aromatic heterocycles. The highest BCUT2D eigenvalue weighted by Crippen LogP contribution is 2.42. The zero-order valence-corrected chi connectivity index (χ0v) is 13.6. The molecular formula is C17H31NOS. The second-order valence-corrected chi connectivity index (χ2v) is 8.37. The molecule has 3 rings (SSSR count). The molecule has 116 valence electrons. The predicted molar refractivity (Wildman–Crippen MR) is 87.1 cm³/mol. The van der Waals surface area contributed by atoms with E-state index in [9.17, 15) is 0 Å². The lowest BCUT2D eigenvalue weighted by Gasteiger charge is -2.42. The van der Waals surface area contributed by atoms with Crippen LogP contribution in [0.4, 0.5) is 0 Å². The molecule has 1 saturated carbocycles. The summed E-state index contributed by atoms with van der Waals surface area (Å²) in [6, 6.07) is 0.430. The lowest BCUT2D eigenvalue weighted by Crippen LogP contribution is -2.48. The average molecular weight is 298 g/mol. The van der Waals surface area contributed by atoms with Gasteiger partial charge in [-0.1, -0.05) is 32.1 Å². The molecule has 0 bridgehead atoms. The highest BCUT2D eigenvalue weighted by atomic mass is 32.2. The summed E-state index contributed by atoms with van der Waals surface area (Å²) < 4.78 is 6.16. The minimum atomic E-state index is 0.201. The molecule has 0 aromatic rings. The lowest BCUT2D eigenvalue weighted by molar-refractivity contribution is -0.0865. The van der Waals surface area contributed by atoms with E-state index in [2.05, 4.69) is 11.8 Å². The van der Waals surface area contributed by atoms with Gasteiger partial charge in [0, 0.05) is 18.4 Å². The summed E-state index contributed by atoms with van der Waals surface area (Å²) in [5, 5.41) is 0. The summed E-state index contributed by atoms with van der Waals surface area (Å²) in [6.07, 6.45) is 13.5. The Kier molecular flexibility index (Phi) is 5.33. The third kappa shape index (κ3) is 3.53. The van der Waals surface area contributed by atoms with Gasteiger partial charge >= 0.3 is 0 Å². The van der Waals surface area contributed by atoms with Crippen LogP contribution in [-0.2, 0) is 4.74 Å². The third-order valence-corrected chi connectivity index (χ3v) is 7.06. The van der Waals surface area contributed by atoms with Gasteiger partial charge in [0.2, 0.25) is 0 Å². The minimum absolute atomic E-state index is 0.201. The molecule has 3 atom stereocenters. The van der Waals surface area contributed by atoms with Crippen molar-refractivity contribution in [3.8, 4) is 0 Å². The zero-order chi connectivity index (χ0) is 13.8. The fraction of sp³-hybridized carbons (Fsp3) is 1.00. The molecule has 20 heavy (non-hydrogen) atoms. The first-order chi connectivity index (χ1) is 9.79. The summed E-state index contributed by atoms with van der Waals surface area (Å²) in [6.45, 7) is 0.950. The maximum absolute atomic E-state index is 6.73. The molecule has 0 amide bonds. The van der Waals surface area contributed by atoms with Crippen molar-refractivity contribution >= 4 is 11.8 Å². The standard InChI is InChI=1S/C17H31NOS/c18-16(14-6-4-2-1-3-5-7-14)15-8-10-19-17(12-15)9-11-20-13-17/h14-16H,1-13,18H2. The maximum Gasteiger partial charge on any atom is 0.0783 e. The van der Waals surface area contributed by atoms with E-state index in [1.807, 2.05) is 0 Å². The average Bonchev–Trinajstić information content (AvgIpc) is 2.86. The summed E-state index contributed by atoms with van der Waals surface area (Å²) in [5.74, 6) is 3.99. The Bertz CT molecular complexity index is 295. The lowest BCUT2D eigenvalue weighted by atomic mass is 9.74. The largest absolute Gasteiger partial charge is 0.374 e. The topological polar surface area (TPSA) is 35.2 Å². The van der Waals surface area contributed by atoms with E-state index in [4.69, 9.17) is 10.5 Å². The SMILES string of the molecule is NC(C1CCCCCCC1)C1CCOC2(CCSC2)C1. The Morgan fingerprint density at radius 3 is 2.45 bits per heavy atom. The molecule has 2 aliphatic heterocycles. The van der Waals surface area contributed by atoms with Crippen LogP contribution in [0.15, 0.2) is 0 Å². The van der Waals surface area contributed by atoms with E-state index < -0.39 is 0 Å². The molecule has 3 unspecified atom stereocenters. The Balaban J connectivity index is 1.58. The van der Waals surface area contributed by atoms with Crippen molar-refractivity contribution in [3.05, 3.63) is 0 Å². The van der Waals surface area contributed by atoms with Crippen LogP contribution in [0.3, 0.4) is 0 Å². The van der Waals surface area contributed by atoms with Gasteiger partial charge in [-0.05, 0) is 49.7 Å². The quantitative estimate of drug-likeness (QED) is 0.837. The van der Waals surface area contributed by atoms with Gasteiger partial charge in [-0.2, -0.15) is 11.8 Å². The molecule has 3 heteroatoms. The molecule has 2 N–H and O–H groups in total. The van der Waals surface area contributed by atoms with E-state index in [-0.39, 0.29) is 5.60 Å². The minimum Gasteiger partial charge on any atom is -0.374 e. The van der Waals surface area contributed by atoms with Gasteiger partial charge in [-0.15, -0.1) is 0 Å². The Hall–Kier alpha value is 0.270. The molecular weight excluding hydrogens is 266 g/mol. The Morgan fingerprint density at radius 2 is 1.75 bits per heavy atom. The van der Waals surface area contributed by atoms with Crippen molar-refractivity contribution in [1.29, 1.82) is 0 Å². The van der Waals surface area contributed by atoms with Crippen LogP contribution in [0, 0.1) is 11.8 Å². The van der Waals surface area contributed by atoms with Gasteiger partial charge in [0.1, 0.15) is 0 Å². The number of hydrogen-bond acceptors (Lipinski definition) is 3. The third-order valence-electron chi connectivity index (χ3n) is 5.84. The van der Waals surface area contributed by atoms with Gasteiger partial charge in [0.25, 0.3) is 0 Å². The smallest absolute Gasteiger partial charge is 0.0783 e. The second kappa shape index (κ2) is 7.02. The van der Waals surface area contributed by atoms with Crippen molar-refractivity contribution in [2.45, 2.75) is 75.9 Å². The second-order valence-electron chi connectivity index (χ2n) is 7.27. The molecule has 1 spiro atoms. The van der Waals surface area contributed by atoms with Gasteiger partial charge in [-0.3, -0.25) is 0 Å². The first-order valence-electron chi connectivity index (χ1n) is 8.76. The number of hydrogen-bond donors (Lipinski definition) is 1. The molecule has 3 aliphatic rings. The van der Waals surface area contributed by atoms with E-state index in [0.717, 1.165) is 12.5 Å². The predicted octanol–water partition coefficient (Wildman–Crippen LogP) is 3.98. The van der Waals surface area contributed by atoms with Crippen molar-refractivity contribution in [1.82, 2.24) is 0 Å². The summed E-state index contributed by atoms with van der Waals surface area (Å²) in [5.41, 5.74) is 6.93. The number of rotatable bonds is 2. The summed E-state index contributed by atoms with van der Waals surface area (Å²) >= 11 is 2.07. The molecule has 2 heterocycles. The van der Waals surface area contributed by atoms with Crippen LogP contribution < -0.4 is 5.73 Å². The van der Waals surface area contributed by atoms with E-state index in [1.165, 1.54) is 75.7 Å².